The van der Waals surface area contributed by atoms with Crippen LogP contribution in [0.3, 0.4) is 0 Å². The standard InChI is InChI=1S/C13H20N2O2/c1-15(6-5-14)10-11-3-4-12-13(9-11)17-8-2-7-16-12/h3-4,9H,2,5-8,10,14H2,1H3. The summed E-state index contributed by atoms with van der Waals surface area (Å²) in [5.41, 5.74) is 6.76. The Hall–Kier alpha value is -1.26. The van der Waals surface area contributed by atoms with Gasteiger partial charge in [0, 0.05) is 26.1 Å². The number of benzene rings is 1. The van der Waals surface area contributed by atoms with Crippen LogP contribution in [-0.2, 0) is 6.54 Å². The summed E-state index contributed by atoms with van der Waals surface area (Å²) in [6, 6.07) is 6.14. The molecule has 0 fully saturated rings. The van der Waals surface area contributed by atoms with Gasteiger partial charge >= 0.3 is 0 Å². The molecule has 1 heterocycles. The second-order valence-electron chi connectivity index (χ2n) is 4.36. The zero-order valence-corrected chi connectivity index (χ0v) is 10.3. The summed E-state index contributed by atoms with van der Waals surface area (Å²) < 4.78 is 11.3. The molecule has 1 aliphatic rings. The van der Waals surface area contributed by atoms with Crippen LogP contribution in [0, 0.1) is 0 Å². The minimum Gasteiger partial charge on any atom is -0.490 e. The molecule has 0 atom stereocenters. The average molecular weight is 236 g/mol. The van der Waals surface area contributed by atoms with Gasteiger partial charge in [-0.2, -0.15) is 0 Å². The van der Waals surface area contributed by atoms with E-state index in [1.165, 1.54) is 5.56 Å². The Balaban J connectivity index is 2.07. The summed E-state index contributed by atoms with van der Waals surface area (Å²) in [4.78, 5) is 2.19. The van der Waals surface area contributed by atoms with Gasteiger partial charge in [0.05, 0.1) is 13.2 Å². The topological polar surface area (TPSA) is 47.7 Å². The predicted octanol–water partition coefficient (Wildman–Crippen LogP) is 1.24. The quantitative estimate of drug-likeness (QED) is 0.854. The second-order valence-corrected chi connectivity index (χ2v) is 4.36. The third-order valence-electron chi connectivity index (χ3n) is 2.78. The van der Waals surface area contributed by atoms with Crippen LogP contribution >= 0.6 is 0 Å². The fourth-order valence-electron chi connectivity index (χ4n) is 1.92. The van der Waals surface area contributed by atoms with E-state index in [-0.39, 0.29) is 0 Å². The third-order valence-corrected chi connectivity index (χ3v) is 2.78. The number of fused-ring (bicyclic) bond motifs is 1. The van der Waals surface area contributed by atoms with Crippen molar-refractivity contribution in [3.8, 4) is 11.5 Å². The van der Waals surface area contributed by atoms with E-state index < -0.39 is 0 Å². The van der Waals surface area contributed by atoms with Gasteiger partial charge in [-0.3, -0.25) is 0 Å². The molecule has 0 aliphatic carbocycles. The van der Waals surface area contributed by atoms with Crippen molar-refractivity contribution in [1.82, 2.24) is 4.90 Å². The fourth-order valence-corrected chi connectivity index (χ4v) is 1.92. The molecule has 0 bridgehead atoms. The Morgan fingerprint density at radius 1 is 1.24 bits per heavy atom. The van der Waals surface area contributed by atoms with E-state index in [0.717, 1.165) is 44.2 Å². The van der Waals surface area contributed by atoms with Crippen LogP contribution in [-0.4, -0.2) is 38.3 Å². The van der Waals surface area contributed by atoms with Crippen molar-refractivity contribution in [3.63, 3.8) is 0 Å². The van der Waals surface area contributed by atoms with Crippen molar-refractivity contribution in [2.24, 2.45) is 5.73 Å². The highest BCUT2D eigenvalue weighted by Crippen LogP contribution is 2.30. The molecule has 0 aromatic heterocycles. The largest absolute Gasteiger partial charge is 0.490 e. The maximum absolute atomic E-state index is 5.66. The Morgan fingerprint density at radius 2 is 2.00 bits per heavy atom. The highest BCUT2D eigenvalue weighted by atomic mass is 16.5. The number of nitrogens with two attached hydrogens (primary N) is 1. The molecule has 1 aliphatic heterocycles. The van der Waals surface area contributed by atoms with Gasteiger partial charge in [-0.25, -0.2) is 0 Å². The van der Waals surface area contributed by atoms with Gasteiger partial charge in [-0.1, -0.05) is 6.07 Å². The highest BCUT2D eigenvalue weighted by molar-refractivity contribution is 5.43. The van der Waals surface area contributed by atoms with E-state index in [9.17, 15) is 0 Å². The molecule has 4 heteroatoms. The van der Waals surface area contributed by atoms with Gasteiger partial charge in [-0.15, -0.1) is 0 Å². The molecule has 2 N–H and O–H groups in total. The molecular weight excluding hydrogens is 216 g/mol. The number of likely N-dealkylation sites (N-methyl/N-ethyl adjacent to an activating group) is 1. The molecule has 4 nitrogen and oxygen atoms in total. The van der Waals surface area contributed by atoms with E-state index in [1.807, 2.05) is 6.07 Å². The van der Waals surface area contributed by atoms with Crippen LogP contribution in [0.25, 0.3) is 0 Å². The van der Waals surface area contributed by atoms with Crippen LogP contribution < -0.4 is 15.2 Å². The van der Waals surface area contributed by atoms with Crippen molar-refractivity contribution in [3.05, 3.63) is 23.8 Å². The smallest absolute Gasteiger partial charge is 0.161 e. The fraction of sp³-hybridized carbons (Fsp3) is 0.538. The number of hydrogen-bond donors (Lipinski definition) is 1. The summed E-state index contributed by atoms with van der Waals surface area (Å²) in [6.45, 7) is 3.93. The Morgan fingerprint density at radius 3 is 2.76 bits per heavy atom. The molecule has 17 heavy (non-hydrogen) atoms. The van der Waals surface area contributed by atoms with E-state index in [2.05, 4.69) is 24.1 Å². The summed E-state index contributed by atoms with van der Waals surface area (Å²) in [5, 5.41) is 0. The van der Waals surface area contributed by atoms with E-state index in [0.29, 0.717) is 6.54 Å². The van der Waals surface area contributed by atoms with Gasteiger partial charge < -0.3 is 20.1 Å². The first-order chi connectivity index (χ1) is 8.29. The lowest BCUT2D eigenvalue weighted by molar-refractivity contribution is 0.296. The van der Waals surface area contributed by atoms with Crippen molar-refractivity contribution in [1.29, 1.82) is 0 Å². The first kappa shape index (κ1) is 12.2. The molecule has 2 rings (SSSR count). The number of ether oxygens (including phenoxy) is 2. The van der Waals surface area contributed by atoms with Crippen LogP contribution in [0.5, 0.6) is 11.5 Å². The van der Waals surface area contributed by atoms with Gasteiger partial charge in [0.25, 0.3) is 0 Å². The molecule has 1 aromatic rings. The summed E-state index contributed by atoms with van der Waals surface area (Å²) in [5.74, 6) is 1.72. The molecule has 0 saturated carbocycles. The predicted molar refractivity (Wildman–Crippen MR) is 67.4 cm³/mol. The molecule has 0 amide bonds. The van der Waals surface area contributed by atoms with Crippen molar-refractivity contribution in [2.45, 2.75) is 13.0 Å². The SMILES string of the molecule is CN(CCN)Cc1ccc2c(c1)OCCCO2. The molecular formula is C13H20N2O2. The van der Waals surface area contributed by atoms with Crippen LogP contribution in [0.4, 0.5) is 0 Å². The third kappa shape index (κ3) is 3.35. The Kier molecular flexibility index (Phi) is 4.23. The zero-order chi connectivity index (χ0) is 12.1. The Bertz CT molecular complexity index is 368. The molecule has 94 valence electrons. The number of hydrogen-bond acceptors (Lipinski definition) is 4. The maximum atomic E-state index is 5.66. The van der Waals surface area contributed by atoms with Crippen LogP contribution in [0.1, 0.15) is 12.0 Å². The highest BCUT2D eigenvalue weighted by Gasteiger charge is 2.11. The number of rotatable bonds is 4. The maximum Gasteiger partial charge on any atom is 0.161 e. The van der Waals surface area contributed by atoms with Crippen molar-refractivity contribution < 1.29 is 9.47 Å². The minimum atomic E-state index is 0.682. The first-order valence-electron chi connectivity index (χ1n) is 6.07. The summed E-state index contributed by atoms with van der Waals surface area (Å²) >= 11 is 0. The molecule has 0 radical (unpaired) electrons. The monoisotopic (exact) mass is 236 g/mol. The molecule has 0 unspecified atom stereocenters. The van der Waals surface area contributed by atoms with E-state index in [1.54, 1.807) is 0 Å². The van der Waals surface area contributed by atoms with Crippen molar-refractivity contribution >= 4 is 0 Å². The Labute approximate surface area is 102 Å². The molecule has 0 spiro atoms. The number of nitrogens with zero attached hydrogens (tertiary/aromatic N) is 1. The normalized spacial score (nSPS) is 14.8. The van der Waals surface area contributed by atoms with Crippen LogP contribution in [0.2, 0.25) is 0 Å². The van der Waals surface area contributed by atoms with Gasteiger partial charge in [0.2, 0.25) is 0 Å². The van der Waals surface area contributed by atoms with Gasteiger partial charge in [0.1, 0.15) is 0 Å². The van der Waals surface area contributed by atoms with E-state index in [4.69, 9.17) is 15.2 Å². The van der Waals surface area contributed by atoms with Crippen molar-refractivity contribution in [2.75, 3.05) is 33.4 Å². The lowest BCUT2D eigenvalue weighted by Crippen LogP contribution is -2.24. The van der Waals surface area contributed by atoms with Crippen LogP contribution in [0.15, 0.2) is 18.2 Å². The first-order valence-corrected chi connectivity index (χ1v) is 6.07. The molecule has 1 aromatic carbocycles. The lowest BCUT2D eigenvalue weighted by atomic mass is 10.2. The summed E-state index contributed by atoms with van der Waals surface area (Å²) in [7, 11) is 2.07. The minimum absolute atomic E-state index is 0.682. The lowest BCUT2D eigenvalue weighted by Gasteiger charge is -2.16. The summed E-state index contributed by atoms with van der Waals surface area (Å²) in [6.07, 6.45) is 0.942. The van der Waals surface area contributed by atoms with Gasteiger partial charge in [-0.05, 0) is 24.7 Å². The molecule has 0 saturated heterocycles. The second kappa shape index (κ2) is 5.89. The average Bonchev–Trinajstić information content (AvgIpc) is 2.53. The zero-order valence-electron chi connectivity index (χ0n) is 10.3. The van der Waals surface area contributed by atoms with Gasteiger partial charge in [0.15, 0.2) is 11.5 Å². The van der Waals surface area contributed by atoms with E-state index >= 15 is 0 Å².